The smallest absolute Gasteiger partial charge is 1.00 e. The van der Waals surface area contributed by atoms with Gasteiger partial charge in [0.05, 0.1) is 0 Å². The monoisotopic (exact) mass is 372 g/mol. The second-order valence-electron chi connectivity index (χ2n) is 4.75. The summed E-state index contributed by atoms with van der Waals surface area (Å²) in [5.74, 6) is 0.874. The fourth-order valence-corrected chi connectivity index (χ4v) is 2.41. The Balaban J connectivity index is 0. The Kier molecular flexibility index (Phi) is 12.3. The Labute approximate surface area is 149 Å². The SMILES string of the molecule is CC1=C(C)CC2CC[CH-]C2=C1.[Cl-].[Cl-].[Zr+4].c1cc[cH-]c1. The Hall–Kier alpha value is 0.163. The van der Waals surface area contributed by atoms with E-state index >= 15 is 0 Å². The first-order valence-corrected chi connectivity index (χ1v) is 6.15. The zero-order valence-corrected chi connectivity index (χ0v) is 15.5. The van der Waals surface area contributed by atoms with Crippen molar-refractivity contribution in [2.75, 3.05) is 0 Å². The van der Waals surface area contributed by atoms with Crippen molar-refractivity contribution in [3.8, 4) is 0 Å². The molecule has 0 amide bonds. The maximum absolute atomic E-state index is 2.40. The summed E-state index contributed by atoms with van der Waals surface area (Å²) in [6.07, 6.45) is 8.78. The molecule has 2 aliphatic rings. The molecule has 1 aromatic rings. The molecule has 1 atom stereocenters. The molecule has 0 nitrogen and oxygen atoms in total. The molecule has 0 heterocycles. The Morgan fingerprint density at radius 1 is 1.11 bits per heavy atom. The van der Waals surface area contributed by atoms with Crippen LogP contribution in [-0.2, 0) is 26.2 Å². The molecule has 0 radical (unpaired) electrons. The number of allylic oxidation sites excluding steroid dienone is 4. The largest absolute Gasteiger partial charge is 4.00 e. The summed E-state index contributed by atoms with van der Waals surface area (Å²) in [4.78, 5) is 0. The van der Waals surface area contributed by atoms with E-state index in [-0.39, 0.29) is 51.0 Å². The fraction of sp³-hybridized carbons (Fsp3) is 0.375. The van der Waals surface area contributed by atoms with Gasteiger partial charge in [-0.3, -0.25) is 0 Å². The summed E-state index contributed by atoms with van der Waals surface area (Å²) < 4.78 is 0. The maximum atomic E-state index is 2.40. The zero-order chi connectivity index (χ0) is 11.4. The molecule has 0 N–H and O–H groups in total. The molecule has 2 aliphatic carbocycles. The van der Waals surface area contributed by atoms with E-state index in [4.69, 9.17) is 0 Å². The quantitative estimate of drug-likeness (QED) is 0.494. The topological polar surface area (TPSA) is 0 Å². The minimum Gasteiger partial charge on any atom is -1.00 e. The van der Waals surface area contributed by atoms with Crippen LogP contribution in [0.1, 0.15) is 33.1 Å². The zero-order valence-electron chi connectivity index (χ0n) is 11.5. The molecule has 3 rings (SSSR count). The summed E-state index contributed by atoms with van der Waals surface area (Å²) in [6.45, 7) is 4.49. The first-order chi connectivity index (χ1) is 7.77. The molecule has 19 heavy (non-hydrogen) atoms. The molecular weight excluding hydrogens is 354 g/mol. The van der Waals surface area contributed by atoms with E-state index in [0.29, 0.717) is 0 Å². The molecule has 0 bridgehead atoms. The van der Waals surface area contributed by atoms with Gasteiger partial charge in [-0.05, 0) is 19.3 Å². The standard InChI is InChI=1S/C11H15.C5H5.2ClH.Zr/c1-8-6-10-4-3-5-11(10)7-9(8)2;1-2-4-5-3-1;;;/h4,6,11H,3,5,7H2,1-2H3;1-5H;2*1H;/q2*-1;;;+4/p-2. The summed E-state index contributed by atoms with van der Waals surface area (Å²) >= 11 is 0. The van der Waals surface area contributed by atoms with Crippen LogP contribution in [0.15, 0.2) is 53.1 Å². The Bertz CT molecular complexity index is 374. The van der Waals surface area contributed by atoms with Crippen LogP contribution in [0.5, 0.6) is 0 Å². The van der Waals surface area contributed by atoms with Crippen molar-refractivity contribution in [1.82, 2.24) is 0 Å². The van der Waals surface area contributed by atoms with Gasteiger partial charge in [-0.15, -0.1) is 12.0 Å². The average molecular weight is 374 g/mol. The third kappa shape index (κ3) is 6.43. The minimum atomic E-state index is 0. The van der Waals surface area contributed by atoms with Crippen molar-refractivity contribution < 1.29 is 51.0 Å². The molecule has 0 spiro atoms. The molecule has 0 aromatic heterocycles. The summed E-state index contributed by atoms with van der Waals surface area (Å²) in [5, 5.41) is 0. The molecule has 1 saturated carbocycles. The second-order valence-corrected chi connectivity index (χ2v) is 4.75. The summed E-state index contributed by atoms with van der Waals surface area (Å²) in [5.41, 5.74) is 4.69. The number of hydrogen-bond donors (Lipinski definition) is 0. The van der Waals surface area contributed by atoms with E-state index in [1.54, 1.807) is 11.1 Å². The molecule has 1 unspecified atom stereocenters. The second kappa shape index (κ2) is 10.9. The van der Waals surface area contributed by atoms with Crippen LogP contribution in [0.3, 0.4) is 0 Å². The first-order valence-electron chi connectivity index (χ1n) is 6.15. The van der Waals surface area contributed by atoms with E-state index in [1.165, 1.54) is 24.8 Å². The minimum absolute atomic E-state index is 0. The van der Waals surface area contributed by atoms with Crippen LogP contribution < -0.4 is 24.8 Å². The average Bonchev–Trinajstić information content (AvgIpc) is 2.91. The molecule has 1 aromatic carbocycles. The van der Waals surface area contributed by atoms with Gasteiger partial charge >= 0.3 is 26.2 Å². The van der Waals surface area contributed by atoms with Crippen molar-refractivity contribution in [1.29, 1.82) is 0 Å². The van der Waals surface area contributed by atoms with Gasteiger partial charge in [0, 0.05) is 0 Å². The van der Waals surface area contributed by atoms with E-state index in [0.717, 1.165) is 5.92 Å². The van der Waals surface area contributed by atoms with Gasteiger partial charge < -0.3 is 24.8 Å². The number of halogens is 2. The van der Waals surface area contributed by atoms with Crippen LogP contribution in [0.4, 0.5) is 0 Å². The van der Waals surface area contributed by atoms with Gasteiger partial charge in [0.1, 0.15) is 0 Å². The van der Waals surface area contributed by atoms with Gasteiger partial charge in [0.15, 0.2) is 0 Å². The van der Waals surface area contributed by atoms with E-state index in [2.05, 4.69) is 26.3 Å². The van der Waals surface area contributed by atoms with Crippen LogP contribution in [-0.4, -0.2) is 0 Å². The normalized spacial score (nSPS) is 19.3. The Morgan fingerprint density at radius 3 is 2.26 bits per heavy atom. The Morgan fingerprint density at radius 2 is 1.74 bits per heavy atom. The van der Waals surface area contributed by atoms with Gasteiger partial charge in [-0.1, -0.05) is 18.9 Å². The third-order valence-corrected chi connectivity index (χ3v) is 3.53. The van der Waals surface area contributed by atoms with Crippen LogP contribution in [0, 0.1) is 12.3 Å². The van der Waals surface area contributed by atoms with E-state index < -0.39 is 0 Å². The maximum Gasteiger partial charge on any atom is 4.00 e. The van der Waals surface area contributed by atoms with Crippen LogP contribution >= 0.6 is 0 Å². The van der Waals surface area contributed by atoms with Gasteiger partial charge in [0.2, 0.25) is 0 Å². The fourth-order valence-electron chi connectivity index (χ4n) is 2.41. The van der Waals surface area contributed by atoms with Crippen molar-refractivity contribution >= 4 is 0 Å². The molecule has 102 valence electrons. The molecule has 0 saturated heterocycles. The van der Waals surface area contributed by atoms with Crippen molar-refractivity contribution in [3.63, 3.8) is 0 Å². The van der Waals surface area contributed by atoms with Gasteiger partial charge in [-0.25, -0.2) is 30.2 Å². The predicted molar refractivity (Wildman–Crippen MR) is 70.1 cm³/mol. The molecule has 1 fully saturated rings. The molecule has 3 heteroatoms. The number of hydrogen-bond acceptors (Lipinski definition) is 0. The summed E-state index contributed by atoms with van der Waals surface area (Å²) in [7, 11) is 0. The first kappa shape index (κ1) is 21.5. The van der Waals surface area contributed by atoms with Crippen LogP contribution in [0.25, 0.3) is 0 Å². The molecule has 0 aliphatic heterocycles. The van der Waals surface area contributed by atoms with Crippen molar-refractivity contribution in [2.45, 2.75) is 33.1 Å². The number of rotatable bonds is 0. The number of fused-ring (bicyclic) bond motifs is 1. The van der Waals surface area contributed by atoms with E-state index in [1.807, 2.05) is 30.3 Å². The van der Waals surface area contributed by atoms with Gasteiger partial charge in [0.25, 0.3) is 0 Å². The van der Waals surface area contributed by atoms with Crippen molar-refractivity contribution in [3.05, 3.63) is 59.5 Å². The van der Waals surface area contributed by atoms with Gasteiger partial charge in [-0.2, -0.15) is 18.2 Å². The van der Waals surface area contributed by atoms with E-state index in [9.17, 15) is 0 Å². The summed E-state index contributed by atoms with van der Waals surface area (Å²) in [6, 6.07) is 10.0. The predicted octanol–water partition coefficient (Wildman–Crippen LogP) is -1.32. The van der Waals surface area contributed by atoms with Crippen molar-refractivity contribution in [2.24, 2.45) is 5.92 Å². The third-order valence-electron chi connectivity index (χ3n) is 3.53. The van der Waals surface area contributed by atoms with Crippen LogP contribution in [0.2, 0.25) is 0 Å². The molecular formula is C16H20Cl2Zr.